The van der Waals surface area contributed by atoms with E-state index in [1.807, 2.05) is 14.0 Å². The quantitative estimate of drug-likeness (QED) is 0.878. The van der Waals surface area contributed by atoms with Crippen LogP contribution in [0.15, 0.2) is 17.1 Å². The molecule has 0 spiro atoms. The minimum Gasteiger partial charge on any atom is -0.377 e. The van der Waals surface area contributed by atoms with Crippen LogP contribution in [0.4, 0.5) is 0 Å². The predicted octanol–water partition coefficient (Wildman–Crippen LogP) is 0.653. The highest BCUT2D eigenvalue weighted by Crippen LogP contribution is 2.23. The van der Waals surface area contributed by atoms with Gasteiger partial charge in [0.05, 0.1) is 31.1 Å². The Balaban J connectivity index is 1.74. The molecule has 3 rings (SSSR count). The first-order chi connectivity index (χ1) is 12.0. The van der Waals surface area contributed by atoms with Crippen molar-refractivity contribution in [2.75, 3.05) is 19.8 Å². The predicted molar refractivity (Wildman–Crippen MR) is 91.1 cm³/mol. The van der Waals surface area contributed by atoms with Crippen LogP contribution in [0.3, 0.4) is 0 Å². The summed E-state index contributed by atoms with van der Waals surface area (Å²) in [6.07, 6.45) is 2.84. The molecule has 0 radical (unpaired) electrons. The number of rotatable bonds is 4. The molecule has 1 aliphatic rings. The second kappa shape index (κ2) is 7.18. The summed E-state index contributed by atoms with van der Waals surface area (Å²) in [6.45, 7) is 5.08. The molecule has 3 heterocycles. The first-order valence-electron chi connectivity index (χ1n) is 8.38. The minimum atomic E-state index is -0.322. The summed E-state index contributed by atoms with van der Waals surface area (Å²) < 4.78 is 7.33. The third-order valence-electron chi connectivity index (χ3n) is 4.62. The van der Waals surface area contributed by atoms with Gasteiger partial charge < -0.3 is 14.6 Å². The molecule has 1 N–H and O–H groups in total. The number of nitrogens with zero attached hydrogens (tertiary/aromatic N) is 4. The third kappa shape index (κ3) is 3.79. The molecule has 8 nitrogen and oxygen atoms in total. The van der Waals surface area contributed by atoms with Crippen molar-refractivity contribution in [1.29, 1.82) is 0 Å². The molecule has 1 fully saturated rings. The highest BCUT2D eigenvalue weighted by atomic mass is 16.5. The number of aryl methyl sites for hydroxylation is 3. The summed E-state index contributed by atoms with van der Waals surface area (Å²) in [5, 5.41) is 4.21. The second-order valence-corrected chi connectivity index (χ2v) is 6.31. The van der Waals surface area contributed by atoms with Gasteiger partial charge in [0.25, 0.3) is 5.56 Å². The van der Waals surface area contributed by atoms with Gasteiger partial charge in [-0.1, -0.05) is 0 Å². The number of amides is 1. The first-order valence-corrected chi connectivity index (χ1v) is 8.38. The van der Waals surface area contributed by atoms with E-state index in [9.17, 15) is 9.59 Å². The molecule has 0 saturated carbocycles. The Bertz CT molecular complexity index is 826. The molecular formula is C17H23N5O3. The maximum Gasteiger partial charge on any atom is 0.251 e. The molecule has 1 atom stereocenters. The Labute approximate surface area is 145 Å². The number of hydrogen-bond acceptors (Lipinski definition) is 5. The van der Waals surface area contributed by atoms with Crippen molar-refractivity contribution in [2.45, 2.75) is 32.7 Å². The number of H-pyrrole nitrogens is 1. The lowest BCUT2D eigenvalue weighted by Crippen LogP contribution is -2.44. The molecule has 0 aliphatic carbocycles. The molecule has 1 amide bonds. The molecule has 1 aliphatic heterocycles. The Morgan fingerprint density at radius 1 is 1.44 bits per heavy atom. The zero-order valence-electron chi connectivity index (χ0n) is 14.8. The second-order valence-electron chi connectivity index (χ2n) is 6.31. The van der Waals surface area contributed by atoms with Crippen molar-refractivity contribution in [3.8, 4) is 0 Å². The van der Waals surface area contributed by atoms with Gasteiger partial charge in [0.2, 0.25) is 5.91 Å². The van der Waals surface area contributed by atoms with E-state index in [1.165, 1.54) is 6.07 Å². The molecule has 0 aromatic carbocycles. The van der Waals surface area contributed by atoms with E-state index in [0.717, 1.165) is 11.3 Å². The maximum atomic E-state index is 12.8. The van der Waals surface area contributed by atoms with Crippen molar-refractivity contribution in [2.24, 2.45) is 7.05 Å². The fraction of sp³-hybridized carbons (Fsp3) is 0.529. The van der Waals surface area contributed by atoms with Crippen LogP contribution in [0, 0.1) is 13.8 Å². The van der Waals surface area contributed by atoms with Crippen molar-refractivity contribution in [3.05, 3.63) is 45.4 Å². The summed E-state index contributed by atoms with van der Waals surface area (Å²) in [5.41, 5.74) is 2.50. The minimum absolute atomic E-state index is 0.0382. The van der Waals surface area contributed by atoms with E-state index >= 15 is 0 Å². The van der Waals surface area contributed by atoms with Crippen molar-refractivity contribution in [1.82, 2.24) is 24.6 Å². The van der Waals surface area contributed by atoms with Crippen molar-refractivity contribution < 1.29 is 9.53 Å². The fourth-order valence-electron chi connectivity index (χ4n) is 3.10. The topological polar surface area (TPSA) is 93.1 Å². The van der Waals surface area contributed by atoms with Crippen LogP contribution in [-0.4, -0.2) is 50.3 Å². The van der Waals surface area contributed by atoms with E-state index in [2.05, 4.69) is 15.1 Å². The number of aromatic nitrogens is 4. The zero-order chi connectivity index (χ0) is 18.0. The SMILES string of the molecule is Cc1nc([C@@H]2COCCN2C(=O)CCc2cnn(C)c2C)cc(=O)[nH]1. The summed E-state index contributed by atoms with van der Waals surface area (Å²) in [7, 11) is 1.89. The highest BCUT2D eigenvalue weighted by molar-refractivity contribution is 5.77. The average Bonchev–Trinajstić information content (AvgIpc) is 2.90. The fourth-order valence-corrected chi connectivity index (χ4v) is 3.10. The van der Waals surface area contributed by atoms with E-state index < -0.39 is 0 Å². The van der Waals surface area contributed by atoms with Gasteiger partial charge in [0.15, 0.2) is 0 Å². The summed E-state index contributed by atoms with van der Waals surface area (Å²) in [5.74, 6) is 0.572. The van der Waals surface area contributed by atoms with E-state index in [0.29, 0.717) is 44.1 Å². The molecule has 8 heteroatoms. The van der Waals surface area contributed by atoms with Gasteiger partial charge in [0, 0.05) is 31.8 Å². The normalized spacial score (nSPS) is 17.7. The largest absolute Gasteiger partial charge is 0.377 e. The lowest BCUT2D eigenvalue weighted by atomic mass is 10.1. The number of hydrogen-bond donors (Lipinski definition) is 1. The van der Waals surface area contributed by atoms with Crippen LogP contribution in [0.25, 0.3) is 0 Å². The number of ether oxygens (including phenoxy) is 1. The zero-order valence-corrected chi connectivity index (χ0v) is 14.8. The Kier molecular flexibility index (Phi) is 4.98. The smallest absolute Gasteiger partial charge is 0.251 e. The van der Waals surface area contributed by atoms with Gasteiger partial charge >= 0.3 is 0 Å². The van der Waals surface area contributed by atoms with Crippen LogP contribution in [0.5, 0.6) is 0 Å². The number of morpholine rings is 1. The van der Waals surface area contributed by atoms with Crippen LogP contribution < -0.4 is 5.56 Å². The highest BCUT2D eigenvalue weighted by Gasteiger charge is 2.30. The van der Waals surface area contributed by atoms with Gasteiger partial charge in [0.1, 0.15) is 5.82 Å². The lowest BCUT2D eigenvalue weighted by Gasteiger charge is -2.35. The van der Waals surface area contributed by atoms with Gasteiger partial charge in [-0.15, -0.1) is 0 Å². The van der Waals surface area contributed by atoms with E-state index in [-0.39, 0.29) is 17.5 Å². The summed E-state index contributed by atoms with van der Waals surface area (Å²) >= 11 is 0. The van der Waals surface area contributed by atoms with Crippen LogP contribution in [0.1, 0.15) is 35.2 Å². The number of nitrogens with one attached hydrogen (secondary N) is 1. The summed E-state index contributed by atoms with van der Waals surface area (Å²) in [6, 6.07) is 1.12. The molecule has 0 bridgehead atoms. The molecule has 1 saturated heterocycles. The van der Waals surface area contributed by atoms with E-state index in [4.69, 9.17) is 4.74 Å². The maximum absolute atomic E-state index is 12.8. The van der Waals surface area contributed by atoms with Crippen LogP contribution >= 0.6 is 0 Å². The molecule has 0 unspecified atom stereocenters. The molecule has 25 heavy (non-hydrogen) atoms. The molecule has 2 aromatic rings. The van der Waals surface area contributed by atoms with Gasteiger partial charge in [-0.05, 0) is 25.8 Å². The molecule has 2 aromatic heterocycles. The monoisotopic (exact) mass is 345 g/mol. The Morgan fingerprint density at radius 2 is 2.24 bits per heavy atom. The number of aromatic amines is 1. The van der Waals surface area contributed by atoms with Gasteiger partial charge in [-0.2, -0.15) is 5.10 Å². The lowest BCUT2D eigenvalue weighted by molar-refractivity contribution is -0.140. The van der Waals surface area contributed by atoms with Crippen LogP contribution in [0.2, 0.25) is 0 Å². The third-order valence-corrected chi connectivity index (χ3v) is 4.62. The van der Waals surface area contributed by atoms with Crippen molar-refractivity contribution >= 4 is 5.91 Å². The van der Waals surface area contributed by atoms with Crippen LogP contribution in [-0.2, 0) is 23.0 Å². The molecule has 134 valence electrons. The number of carbonyl (C=O) groups excluding carboxylic acids is 1. The van der Waals surface area contributed by atoms with Gasteiger partial charge in [-0.25, -0.2) is 4.98 Å². The Hall–Kier alpha value is -2.48. The molecular weight excluding hydrogens is 322 g/mol. The van der Waals surface area contributed by atoms with E-state index in [1.54, 1.807) is 22.7 Å². The first kappa shape index (κ1) is 17.3. The average molecular weight is 345 g/mol. The Morgan fingerprint density at radius 3 is 2.92 bits per heavy atom. The summed E-state index contributed by atoms with van der Waals surface area (Å²) in [4.78, 5) is 33.3. The standard InChI is InChI=1S/C17H23N5O3/c1-11-13(9-18-21(11)3)4-5-17(24)22-6-7-25-10-15(22)14-8-16(23)20-12(2)19-14/h8-9,15H,4-7,10H2,1-3H3,(H,19,20,23)/t15-/m0/s1. The van der Waals surface area contributed by atoms with Gasteiger partial charge in [-0.3, -0.25) is 14.3 Å². The number of carbonyl (C=O) groups is 1. The van der Waals surface area contributed by atoms with Crippen molar-refractivity contribution in [3.63, 3.8) is 0 Å².